The minimum Gasteiger partial charge on any atom is -0.351 e. The van der Waals surface area contributed by atoms with Crippen molar-refractivity contribution >= 4 is 21.8 Å². The van der Waals surface area contributed by atoms with E-state index in [2.05, 4.69) is 37.1 Å². The van der Waals surface area contributed by atoms with Gasteiger partial charge in [-0.15, -0.1) is 0 Å². The predicted molar refractivity (Wildman–Crippen MR) is 87.6 cm³/mol. The molecule has 122 valence electrons. The molecular formula is C15H17BrFN5O. The minimum absolute atomic E-state index is 0.00264. The first-order chi connectivity index (χ1) is 11.1. The molecule has 3 unspecified atom stereocenters. The Balaban J connectivity index is 1.63. The molecule has 3 atom stereocenters. The Bertz CT molecular complexity index is 693. The molecule has 8 heteroatoms. The van der Waals surface area contributed by atoms with Gasteiger partial charge in [0, 0.05) is 25.0 Å². The quantitative estimate of drug-likeness (QED) is 0.697. The lowest BCUT2D eigenvalue weighted by Crippen LogP contribution is -2.45. The van der Waals surface area contributed by atoms with E-state index in [4.69, 9.17) is 0 Å². The fraction of sp³-hybridized carbons (Fsp3) is 0.333. The van der Waals surface area contributed by atoms with E-state index >= 15 is 0 Å². The average molecular weight is 382 g/mol. The maximum atomic E-state index is 14.2. The normalized spacial score (nSPS) is 23.9. The fourth-order valence-electron chi connectivity index (χ4n) is 2.45. The summed E-state index contributed by atoms with van der Waals surface area (Å²) in [6.45, 7) is 2.25. The smallest absolute Gasteiger partial charge is 0.239 e. The highest BCUT2D eigenvalue weighted by molar-refractivity contribution is 9.09. The van der Waals surface area contributed by atoms with Gasteiger partial charge in [0.25, 0.3) is 0 Å². The molecule has 1 aromatic carbocycles. The van der Waals surface area contributed by atoms with Crippen LogP contribution in [0.15, 0.2) is 36.9 Å². The molecule has 1 aromatic heterocycles. The van der Waals surface area contributed by atoms with Crippen LogP contribution in [0.5, 0.6) is 0 Å². The number of benzene rings is 1. The van der Waals surface area contributed by atoms with Crippen LogP contribution in [0.4, 0.5) is 4.39 Å². The Morgan fingerprint density at radius 3 is 2.91 bits per heavy atom. The second kappa shape index (κ2) is 6.77. The van der Waals surface area contributed by atoms with Gasteiger partial charge in [0.2, 0.25) is 5.91 Å². The van der Waals surface area contributed by atoms with Crippen molar-refractivity contribution in [2.24, 2.45) is 0 Å². The molecule has 1 saturated heterocycles. The van der Waals surface area contributed by atoms with Gasteiger partial charge in [-0.1, -0.05) is 22.0 Å². The van der Waals surface area contributed by atoms with Crippen molar-refractivity contribution < 1.29 is 9.18 Å². The van der Waals surface area contributed by atoms with E-state index in [1.54, 1.807) is 29.1 Å². The van der Waals surface area contributed by atoms with Crippen LogP contribution in [0.1, 0.15) is 12.5 Å². The number of hydrogen-bond donors (Lipinski definition) is 3. The van der Waals surface area contributed by atoms with Gasteiger partial charge in [0.05, 0.1) is 16.8 Å². The van der Waals surface area contributed by atoms with Crippen molar-refractivity contribution in [1.29, 1.82) is 0 Å². The van der Waals surface area contributed by atoms with Gasteiger partial charge in [0.1, 0.15) is 11.9 Å². The van der Waals surface area contributed by atoms with Crippen molar-refractivity contribution in [2.45, 2.75) is 30.4 Å². The maximum Gasteiger partial charge on any atom is 0.239 e. The third kappa shape index (κ3) is 3.44. The Morgan fingerprint density at radius 1 is 1.48 bits per heavy atom. The van der Waals surface area contributed by atoms with Crippen LogP contribution in [0, 0.1) is 5.82 Å². The number of halogens is 2. The number of nitrogens with zero attached hydrogens (tertiary/aromatic N) is 2. The molecule has 0 aliphatic carbocycles. The van der Waals surface area contributed by atoms with E-state index in [0.717, 1.165) is 0 Å². The molecule has 0 saturated carbocycles. The average Bonchev–Trinajstić information content (AvgIpc) is 3.16. The Hall–Kier alpha value is -1.77. The number of hydrazine groups is 1. The van der Waals surface area contributed by atoms with Gasteiger partial charge < -0.3 is 9.88 Å². The molecule has 23 heavy (non-hydrogen) atoms. The lowest BCUT2D eigenvalue weighted by molar-refractivity contribution is -0.122. The molecule has 0 radical (unpaired) electrons. The lowest BCUT2D eigenvalue weighted by atomic mass is 10.1. The zero-order valence-electron chi connectivity index (χ0n) is 12.5. The Labute approximate surface area is 141 Å². The molecule has 3 N–H and O–H groups in total. The fourth-order valence-corrected chi connectivity index (χ4v) is 2.95. The summed E-state index contributed by atoms with van der Waals surface area (Å²) < 4.78 is 15.8. The summed E-state index contributed by atoms with van der Waals surface area (Å²) in [7, 11) is 0. The number of carbonyl (C=O) groups is 1. The molecule has 0 spiro atoms. The summed E-state index contributed by atoms with van der Waals surface area (Å²) >= 11 is 3.49. The highest BCUT2D eigenvalue weighted by Crippen LogP contribution is 2.17. The minimum atomic E-state index is -0.361. The summed E-state index contributed by atoms with van der Waals surface area (Å²) in [6, 6.07) is 4.67. The van der Waals surface area contributed by atoms with E-state index in [0.29, 0.717) is 11.3 Å². The van der Waals surface area contributed by atoms with Crippen molar-refractivity contribution in [2.75, 3.05) is 0 Å². The molecule has 6 nitrogen and oxygen atoms in total. The molecule has 1 amide bonds. The second-order valence-corrected chi connectivity index (χ2v) is 6.53. The first kappa shape index (κ1) is 16.1. The van der Waals surface area contributed by atoms with Gasteiger partial charge in [-0.25, -0.2) is 14.8 Å². The van der Waals surface area contributed by atoms with E-state index in [1.165, 1.54) is 12.4 Å². The highest BCUT2D eigenvalue weighted by atomic mass is 79.9. The lowest BCUT2D eigenvalue weighted by Gasteiger charge is -2.15. The third-order valence-corrected chi connectivity index (χ3v) is 5.13. The van der Waals surface area contributed by atoms with Gasteiger partial charge in [-0.3, -0.25) is 10.2 Å². The van der Waals surface area contributed by atoms with Crippen LogP contribution in [0.25, 0.3) is 5.69 Å². The van der Waals surface area contributed by atoms with Crippen molar-refractivity contribution in [3.05, 3.63) is 48.3 Å². The van der Waals surface area contributed by atoms with E-state index in [9.17, 15) is 9.18 Å². The largest absolute Gasteiger partial charge is 0.351 e. The summed E-state index contributed by atoms with van der Waals surface area (Å²) in [6.07, 6.45) is 4.81. The molecule has 0 bridgehead atoms. The highest BCUT2D eigenvalue weighted by Gasteiger charge is 2.35. The van der Waals surface area contributed by atoms with Crippen molar-refractivity contribution in [3.63, 3.8) is 0 Å². The summed E-state index contributed by atoms with van der Waals surface area (Å²) in [5.41, 5.74) is 7.07. The first-order valence-electron chi connectivity index (χ1n) is 7.26. The zero-order valence-corrected chi connectivity index (χ0v) is 14.0. The first-order valence-corrected chi connectivity index (χ1v) is 8.17. The monoisotopic (exact) mass is 381 g/mol. The number of amides is 1. The number of alkyl halides is 1. The Morgan fingerprint density at radius 2 is 2.30 bits per heavy atom. The number of rotatable bonds is 4. The third-order valence-electron chi connectivity index (χ3n) is 3.81. The van der Waals surface area contributed by atoms with E-state index < -0.39 is 0 Å². The zero-order chi connectivity index (χ0) is 16.4. The van der Waals surface area contributed by atoms with E-state index in [-0.39, 0.29) is 35.2 Å². The van der Waals surface area contributed by atoms with Crippen molar-refractivity contribution in [1.82, 2.24) is 25.7 Å². The van der Waals surface area contributed by atoms with Crippen LogP contribution in [-0.2, 0) is 11.3 Å². The number of hydrogen-bond acceptors (Lipinski definition) is 4. The molecule has 1 aliphatic rings. The predicted octanol–water partition coefficient (Wildman–Crippen LogP) is 1.26. The topological polar surface area (TPSA) is 71.0 Å². The molecule has 1 aliphatic heterocycles. The van der Waals surface area contributed by atoms with Crippen molar-refractivity contribution in [3.8, 4) is 5.69 Å². The standard InChI is InChI=1S/C15H17BrFN5O/c1-9-13(16)14(21-20-9)15(23)19-7-10-2-3-12(11(17)6-10)22-5-4-18-8-22/h2-6,8-9,13-14,20-21H,7H2,1H3,(H,19,23). The summed E-state index contributed by atoms with van der Waals surface area (Å²) in [5.74, 6) is -0.495. The van der Waals surface area contributed by atoms with Gasteiger partial charge in [-0.2, -0.15) is 0 Å². The number of imidazole rings is 1. The second-order valence-electron chi connectivity index (χ2n) is 5.47. The molecule has 1 fully saturated rings. The summed E-state index contributed by atoms with van der Waals surface area (Å²) in [5, 5.41) is 2.82. The number of carbonyl (C=O) groups excluding carboxylic acids is 1. The number of nitrogens with one attached hydrogen (secondary N) is 3. The van der Waals surface area contributed by atoms with Crippen LogP contribution < -0.4 is 16.2 Å². The van der Waals surface area contributed by atoms with Gasteiger partial charge in [-0.05, 0) is 24.6 Å². The van der Waals surface area contributed by atoms with E-state index in [1.807, 2.05) is 6.92 Å². The van der Waals surface area contributed by atoms with Crippen LogP contribution >= 0.6 is 15.9 Å². The van der Waals surface area contributed by atoms with Crippen LogP contribution in [-0.4, -0.2) is 32.4 Å². The number of aromatic nitrogens is 2. The molecule has 2 heterocycles. The molecular weight excluding hydrogens is 365 g/mol. The molecule has 2 aromatic rings. The van der Waals surface area contributed by atoms with Gasteiger partial charge in [0.15, 0.2) is 0 Å². The van der Waals surface area contributed by atoms with Crippen LogP contribution in [0.3, 0.4) is 0 Å². The summed E-state index contributed by atoms with van der Waals surface area (Å²) in [4.78, 5) is 16.1. The Kier molecular flexibility index (Phi) is 4.74. The molecule has 3 rings (SSSR count). The SMILES string of the molecule is CC1NNC(C(=O)NCc2ccc(-n3ccnc3)c(F)c2)C1Br. The maximum absolute atomic E-state index is 14.2. The van der Waals surface area contributed by atoms with Gasteiger partial charge >= 0.3 is 0 Å². The van der Waals surface area contributed by atoms with Crippen LogP contribution in [0.2, 0.25) is 0 Å².